The van der Waals surface area contributed by atoms with E-state index in [1.54, 1.807) is 5.19 Å². The van der Waals surface area contributed by atoms with E-state index in [4.69, 9.17) is 4.74 Å². The van der Waals surface area contributed by atoms with E-state index in [0.29, 0.717) is 0 Å². The maximum absolute atomic E-state index is 6.14. The second-order valence-electron chi connectivity index (χ2n) is 14.4. The van der Waals surface area contributed by atoms with E-state index in [1.165, 1.54) is 50.7 Å². The van der Waals surface area contributed by atoms with Crippen molar-refractivity contribution in [2.45, 2.75) is 126 Å². The maximum atomic E-state index is 6.14. The van der Waals surface area contributed by atoms with Gasteiger partial charge in [0.25, 0.3) is 0 Å². The fourth-order valence-electron chi connectivity index (χ4n) is 4.96. The molecule has 0 N–H and O–H groups in total. The molecule has 0 spiro atoms. The summed E-state index contributed by atoms with van der Waals surface area (Å²) in [6.07, 6.45) is 0. The first-order valence-electron chi connectivity index (χ1n) is 14.1. The van der Waals surface area contributed by atoms with Gasteiger partial charge in [-0.05, 0) is 23.1 Å². The van der Waals surface area contributed by atoms with Gasteiger partial charge in [0.2, 0.25) is 0 Å². The first kappa shape index (κ1) is 40.0. The van der Waals surface area contributed by atoms with Gasteiger partial charge in [-0.15, -0.1) is 16.1 Å². The van der Waals surface area contributed by atoms with Crippen molar-refractivity contribution in [3.63, 3.8) is 0 Å². The van der Waals surface area contributed by atoms with E-state index in [-0.39, 0.29) is 31.3 Å². The van der Waals surface area contributed by atoms with Crippen molar-refractivity contribution in [1.29, 1.82) is 0 Å². The van der Waals surface area contributed by atoms with Crippen LogP contribution in [0, 0.1) is 47.7 Å². The van der Waals surface area contributed by atoms with Crippen LogP contribution >= 0.6 is 0 Å². The summed E-state index contributed by atoms with van der Waals surface area (Å²) >= 11 is 0. The normalized spacial score (nSPS) is 12.1. The average Bonchev–Trinajstić information content (AvgIpc) is 2.90. The molecule has 0 bridgehead atoms. The van der Waals surface area contributed by atoms with Gasteiger partial charge in [0.1, 0.15) is 5.75 Å². The summed E-state index contributed by atoms with van der Waals surface area (Å²) < 4.78 is 6.14. The van der Waals surface area contributed by atoms with Crippen LogP contribution in [0.3, 0.4) is 0 Å². The molecule has 0 atom stereocenters. The molecule has 0 amide bonds. The van der Waals surface area contributed by atoms with Gasteiger partial charge in [-0.1, -0.05) is 131 Å². The molecular weight excluding hydrogens is 542 g/mol. The molecule has 0 aliphatic rings. The quantitative estimate of drug-likeness (QED) is 0.245. The zero-order valence-electron chi connectivity index (χ0n) is 28.5. The molecular formula is C33H61OScSi3. The Morgan fingerprint density at radius 1 is 0.816 bits per heavy atom. The molecule has 0 aromatic heterocycles. The maximum Gasteiger partial charge on any atom is 3.00 e. The zero-order chi connectivity index (χ0) is 29.7. The molecule has 0 radical (unpaired) electrons. The van der Waals surface area contributed by atoms with Crippen molar-refractivity contribution in [3.05, 3.63) is 58.6 Å². The minimum Gasteiger partial charge on any atom is -0.497 e. The van der Waals surface area contributed by atoms with Gasteiger partial charge < -0.3 is 17.8 Å². The van der Waals surface area contributed by atoms with Gasteiger partial charge in [0.15, 0.2) is 0 Å². The molecule has 0 saturated heterocycles. The third kappa shape index (κ3) is 11.4. The molecule has 1 nitrogen and oxygen atoms in total. The number of hydrogen-bond donors (Lipinski definition) is 0. The van der Waals surface area contributed by atoms with Crippen molar-refractivity contribution in [3.8, 4) is 5.75 Å². The second kappa shape index (κ2) is 15.2. The van der Waals surface area contributed by atoms with Crippen molar-refractivity contribution in [2.24, 2.45) is 0 Å². The minimum absolute atomic E-state index is 0. The minimum atomic E-state index is -1.93. The summed E-state index contributed by atoms with van der Waals surface area (Å²) in [7, 11) is -1.79. The van der Waals surface area contributed by atoms with Gasteiger partial charge in [-0.3, -0.25) is 0 Å². The summed E-state index contributed by atoms with van der Waals surface area (Å²) in [6.45, 7) is 44.3. The molecule has 38 heavy (non-hydrogen) atoms. The van der Waals surface area contributed by atoms with Crippen molar-refractivity contribution < 1.29 is 30.6 Å². The number of ether oxygens (including phenoxy) is 1. The van der Waals surface area contributed by atoms with Crippen LogP contribution in [0.4, 0.5) is 0 Å². The SMILES string of the molecule is CC[Si](CC)(c1cc(C)cc(C(C)(C)C)c1OC)c1c(C)c(C)c(C)[c-]1C.[CH2-][Si](C)(C)C.[CH2-][Si](C)(C)C.[Sc+3]. The monoisotopic (exact) mass is 602 g/mol. The first-order valence-corrected chi connectivity index (χ1v) is 23.9. The van der Waals surface area contributed by atoms with Crippen LogP contribution in [0.5, 0.6) is 5.75 Å². The predicted octanol–water partition coefficient (Wildman–Crippen LogP) is 9.25. The molecule has 0 fully saturated rings. The van der Waals surface area contributed by atoms with E-state index in [2.05, 4.69) is 134 Å². The summed E-state index contributed by atoms with van der Waals surface area (Å²) in [5, 5.41) is 3.15. The molecule has 214 valence electrons. The van der Waals surface area contributed by atoms with Gasteiger partial charge in [0.05, 0.1) is 15.2 Å². The number of rotatable bonds is 5. The van der Waals surface area contributed by atoms with E-state index in [0.717, 1.165) is 5.75 Å². The Bertz CT molecular complexity index is 962. The molecule has 0 aliphatic heterocycles. The van der Waals surface area contributed by atoms with Gasteiger partial charge >= 0.3 is 25.8 Å². The average molecular weight is 603 g/mol. The Hall–Kier alpha value is -0.109. The van der Waals surface area contributed by atoms with E-state index >= 15 is 0 Å². The van der Waals surface area contributed by atoms with Gasteiger partial charge in [0, 0.05) is 0 Å². The van der Waals surface area contributed by atoms with Crippen molar-refractivity contribution in [2.75, 3.05) is 7.11 Å². The van der Waals surface area contributed by atoms with E-state index < -0.39 is 24.2 Å². The smallest absolute Gasteiger partial charge is 0.497 e. The summed E-state index contributed by atoms with van der Waals surface area (Å²) in [5.41, 5.74) is 8.74. The van der Waals surface area contributed by atoms with Crippen LogP contribution < -0.4 is 15.1 Å². The molecule has 2 rings (SSSR count). The van der Waals surface area contributed by atoms with Crippen LogP contribution in [-0.4, -0.2) is 31.3 Å². The molecule has 2 aromatic carbocycles. The fraction of sp³-hybridized carbons (Fsp3) is 0.606. The molecule has 0 saturated carbocycles. The topological polar surface area (TPSA) is 9.23 Å². The standard InChI is InChI=1S/C25H39OSi.2C4H11Si.Sc/c1-12-27(13-2,24-19(6)17(4)18(5)20(24)7)22-15-16(3)14-21(23(22)26-11)25(8,9)10;2*1-5(2,3)4;/h14-15H,12-13H2,1-11H3;2*1H2,2-4H3;/q3*-1;+3. The Labute approximate surface area is 261 Å². The Morgan fingerprint density at radius 2 is 1.21 bits per heavy atom. The van der Waals surface area contributed by atoms with Crippen LogP contribution in [-0.2, 0) is 31.3 Å². The summed E-state index contributed by atoms with van der Waals surface area (Å²) in [4.78, 5) is 0. The molecule has 0 heterocycles. The third-order valence-corrected chi connectivity index (χ3v) is 12.4. The number of aryl methyl sites for hydroxylation is 1. The molecule has 0 aliphatic carbocycles. The van der Waals surface area contributed by atoms with Crippen molar-refractivity contribution in [1.82, 2.24) is 0 Å². The number of benzene rings is 1. The van der Waals surface area contributed by atoms with Crippen LogP contribution in [0.25, 0.3) is 0 Å². The van der Waals surface area contributed by atoms with Crippen molar-refractivity contribution >= 4 is 34.6 Å². The van der Waals surface area contributed by atoms with Crippen LogP contribution in [0.15, 0.2) is 12.1 Å². The first-order chi connectivity index (χ1) is 16.5. The molecule has 2 aromatic rings. The van der Waals surface area contributed by atoms with Gasteiger partial charge in [-0.25, -0.2) is 0 Å². The second-order valence-corrected chi connectivity index (χ2v) is 29.3. The molecule has 5 heteroatoms. The Morgan fingerprint density at radius 3 is 1.47 bits per heavy atom. The summed E-state index contributed by atoms with van der Waals surface area (Å²) in [6, 6.07) is 7.17. The van der Waals surface area contributed by atoms with Crippen LogP contribution in [0.2, 0.25) is 51.4 Å². The van der Waals surface area contributed by atoms with Crippen LogP contribution in [0.1, 0.15) is 68.0 Å². The Kier molecular flexibility index (Phi) is 16.0. The van der Waals surface area contributed by atoms with E-state index in [9.17, 15) is 0 Å². The van der Waals surface area contributed by atoms with Gasteiger partial charge in [-0.2, -0.15) is 27.4 Å². The number of hydrogen-bond acceptors (Lipinski definition) is 1. The fourth-order valence-corrected chi connectivity index (χ4v) is 10.2. The number of methoxy groups -OCH3 is 1. The largest absolute Gasteiger partial charge is 3.00 e. The zero-order valence-corrected chi connectivity index (χ0v) is 33.3. The Balaban J connectivity index is 0. The predicted molar refractivity (Wildman–Crippen MR) is 181 cm³/mol. The summed E-state index contributed by atoms with van der Waals surface area (Å²) in [5.74, 6) is 1.14. The third-order valence-electron chi connectivity index (χ3n) is 6.88. The van der Waals surface area contributed by atoms with E-state index in [1.807, 2.05) is 7.11 Å². The molecule has 0 unspecified atom stereocenters.